The van der Waals surface area contributed by atoms with Crippen molar-refractivity contribution in [3.63, 3.8) is 0 Å². The fourth-order valence-electron chi connectivity index (χ4n) is 0.518. The zero-order chi connectivity index (χ0) is 9.40. The minimum absolute atomic E-state index is 0.181. The molecular weight excluding hydrogens is 160 g/mol. The number of ether oxygens (including phenoxy) is 1. The maximum absolute atomic E-state index is 10.7. The summed E-state index contributed by atoms with van der Waals surface area (Å²) < 4.78 is 4.55. The van der Waals surface area contributed by atoms with Gasteiger partial charge >= 0.3 is 5.97 Å². The van der Waals surface area contributed by atoms with Crippen molar-refractivity contribution in [2.45, 2.75) is 18.9 Å². The Hall–Kier alpha value is -1.05. The minimum Gasteiger partial charge on any atom is -0.464 e. The number of terminal acetylenes is 1. The Bertz CT molecular complexity index is 170. The number of hydrogen-bond donors (Lipinski definition) is 2. The van der Waals surface area contributed by atoms with Gasteiger partial charge in [0.25, 0.3) is 0 Å². The molecule has 4 heteroatoms. The van der Waals surface area contributed by atoms with Crippen LogP contribution in [0.15, 0.2) is 0 Å². The van der Waals surface area contributed by atoms with Crippen LogP contribution in [0.5, 0.6) is 0 Å². The number of esters is 1. The average molecular weight is 172 g/mol. The molecule has 1 unspecified atom stereocenters. The molecule has 68 valence electrons. The highest BCUT2D eigenvalue weighted by atomic mass is 16.5. The smallest absolute Gasteiger partial charge is 0.337 e. The predicted molar refractivity (Wildman–Crippen MR) is 42.1 cm³/mol. The molecule has 0 aromatic rings. The monoisotopic (exact) mass is 172 g/mol. The van der Waals surface area contributed by atoms with Crippen LogP contribution in [-0.2, 0) is 9.53 Å². The van der Waals surface area contributed by atoms with Gasteiger partial charge < -0.3 is 14.9 Å². The second-order valence-corrected chi connectivity index (χ2v) is 2.17. The third-order valence-electron chi connectivity index (χ3n) is 1.15. The van der Waals surface area contributed by atoms with E-state index in [1.54, 1.807) is 0 Å². The summed E-state index contributed by atoms with van der Waals surface area (Å²) in [7, 11) is 0. The van der Waals surface area contributed by atoms with Gasteiger partial charge in [-0.25, -0.2) is 4.79 Å². The van der Waals surface area contributed by atoms with Crippen LogP contribution in [-0.4, -0.2) is 35.5 Å². The van der Waals surface area contributed by atoms with Gasteiger partial charge in [-0.05, 0) is 6.42 Å². The molecule has 2 N–H and O–H groups in total. The highest BCUT2D eigenvalue weighted by molar-refractivity contribution is 5.74. The molecule has 0 saturated heterocycles. The Balaban J connectivity index is 3.39. The SMILES string of the molecule is C#CCCCOC(=O)C(O)CO. The molecule has 12 heavy (non-hydrogen) atoms. The Morgan fingerprint density at radius 2 is 2.33 bits per heavy atom. The minimum atomic E-state index is -1.43. The Kier molecular flexibility index (Phi) is 6.07. The van der Waals surface area contributed by atoms with Crippen molar-refractivity contribution < 1.29 is 19.7 Å². The van der Waals surface area contributed by atoms with Crippen LogP contribution in [0.25, 0.3) is 0 Å². The van der Waals surface area contributed by atoms with Crippen molar-refractivity contribution in [2.24, 2.45) is 0 Å². The molecule has 0 aliphatic rings. The van der Waals surface area contributed by atoms with Gasteiger partial charge in [0.1, 0.15) is 0 Å². The van der Waals surface area contributed by atoms with Gasteiger partial charge in [-0.3, -0.25) is 0 Å². The summed E-state index contributed by atoms with van der Waals surface area (Å²) in [6, 6.07) is 0. The van der Waals surface area contributed by atoms with E-state index in [-0.39, 0.29) is 6.61 Å². The van der Waals surface area contributed by atoms with Gasteiger partial charge in [-0.2, -0.15) is 0 Å². The first-order valence-electron chi connectivity index (χ1n) is 3.61. The summed E-state index contributed by atoms with van der Waals surface area (Å²) in [4.78, 5) is 10.7. The molecule has 0 heterocycles. The number of aliphatic hydroxyl groups excluding tert-OH is 2. The van der Waals surface area contributed by atoms with Crippen LogP contribution >= 0.6 is 0 Å². The maximum atomic E-state index is 10.7. The van der Waals surface area contributed by atoms with E-state index in [1.165, 1.54) is 0 Å². The fourth-order valence-corrected chi connectivity index (χ4v) is 0.518. The van der Waals surface area contributed by atoms with Crippen LogP contribution in [0.1, 0.15) is 12.8 Å². The zero-order valence-electron chi connectivity index (χ0n) is 6.69. The molecule has 0 spiro atoms. The molecule has 0 rings (SSSR count). The second-order valence-electron chi connectivity index (χ2n) is 2.17. The van der Waals surface area contributed by atoms with Crippen LogP contribution in [0.4, 0.5) is 0 Å². The third-order valence-corrected chi connectivity index (χ3v) is 1.15. The zero-order valence-corrected chi connectivity index (χ0v) is 6.69. The molecule has 0 amide bonds. The molecule has 0 fully saturated rings. The van der Waals surface area contributed by atoms with Gasteiger partial charge in [0, 0.05) is 6.42 Å². The molecule has 4 nitrogen and oxygen atoms in total. The molecule has 0 aromatic carbocycles. The summed E-state index contributed by atoms with van der Waals surface area (Å²) in [5.74, 6) is 1.57. The lowest BCUT2D eigenvalue weighted by Gasteiger charge is -2.06. The van der Waals surface area contributed by atoms with Crippen molar-refractivity contribution in [1.29, 1.82) is 0 Å². The van der Waals surface area contributed by atoms with E-state index in [9.17, 15) is 4.79 Å². The van der Waals surface area contributed by atoms with E-state index in [0.29, 0.717) is 12.8 Å². The van der Waals surface area contributed by atoms with E-state index in [2.05, 4.69) is 10.7 Å². The predicted octanol–water partition coefficient (Wildman–Crippen LogP) is -0.704. The van der Waals surface area contributed by atoms with Gasteiger partial charge in [-0.15, -0.1) is 12.3 Å². The van der Waals surface area contributed by atoms with E-state index >= 15 is 0 Å². The molecule has 0 bridgehead atoms. The quantitative estimate of drug-likeness (QED) is 0.327. The second kappa shape index (κ2) is 6.65. The van der Waals surface area contributed by atoms with Crippen LogP contribution in [0.3, 0.4) is 0 Å². The Morgan fingerprint density at radius 3 is 2.83 bits per heavy atom. The molecule has 0 aliphatic heterocycles. The van der Waals surface area contributed by atoms with Crippen LogP contribution in [0.2, 0.25) is 0 Å². The summed E-state index contributed by atoms with van der Waals surface area (Å²) in [5.41, 5.74) is 0. The first-order valence-corrected chi connectivity index (χ1v) is 3.61. The topological polar surface area (TPSA) is 66.8 Å². The van der Waals surface area contributed by atoms with E-state index < -0.39 is 18.7 Å². The lowest BCUT2D eigenvalue weighted by molar-refractivity contribution is -0.155. The normalized spacial score (nSPS) is 11.8. The Labute approximate surface area is 71.2 Å². The van der Waals surface area contributed by atoms with Crippen molar-refractivity contribution in [2.75, 3.05) is 13.2 Å². The van der Waals surface area contributed by atoms with Crippen molar-refractivity contribution in [3.05, 3.63) is 0 Å². The van der Waals surface area contributed by atoms with Gasteiger partial charge in [0.15, 0.2) is 6.10 Å². The number of carbonyl (C=O) groups excluding carboxylic acids is 1. The molecule has 0 aliphatic carbocycles. The van der Waals surface area contributed by atoms with Crippen molar-refractivity contribution in [1.82, 2.24) is 0 Å². The standard InChI is InChI=1S/C8H12O4/c1-2-3-4-5-12-8(11)7(10)6-9/h1,7,9-10H,3-6H2. The maximum Gasteiger partial charge on any atom is 0.337 e. The summed E-state index contributed by atoms with van der Waals surface area (Å²) >= 11 is 0. The van der Waals surface area contributed by atoms with Crippen LogP contribution in [0, 0.1) is 12.3 Å². The molecule has 0 radical (unpaired) electrons. The summed E-state index contributed by atoms with van der Waals surface area (Å²) in [6.45, 7) is -0.436. The first kappa shape index (κ1) is 11.0. The molecule has 1 atom stereocenters. The van der Waals surface area contributed by atoms with Crippen molar-refractivity contribution >= 4 is 5.97 Å². The van der Waals surface area contributed by atoms with Crippen molar-refractivity contribution in [3.8, 4) is 12.3 Å². The van der Waals surface area contributed by atoms with Gasteiger partial charge in [-0.1, -0.05) is 0 Å². The summed E-state index contributed by atoms with van der Waals surface area (Å²) in [6.07, 6.45) is 4.62. The number of rotatable bonds is 5. The van der Waals surface area contributed by atoms with Gasteiger partial charge in [0.2, 0.25) is 0 Å². The molecule has 0 aromatic heterocycles. The largest absolute Gasteiger partial charge is 0.464 e. The van der Waals surface area contributed by atoms with E-state index in [1.807, 2.05) is 0 Å². The highest BCUT2D eigenvalue weighted by Crippen LogP contribution is 1.92. The van der Waals surface area contributed by atoms with Crippen LogP contribution < -0.4 is 0 Å². The summed E-state index contributed by atoms with van der Waals surface area (Å²) in [5, 5.41) is 17.0. The number of hydrogen-bond acceptors (Lipinski definition) is 4. The van der Waals surface area contributed by atoms with E-state index in [0.717, 1.165) is 0 Å². The number of unbranched alkanes of at least 4 members (excludes halogenated alkanes) is 1. The van der Waals surface area contributed by atoms with E-state index in [4.69, 9.17) is 16.6 Å². The molecular formula is C8H12O4. The number of aliphatic hydroxyl groups is 2. The average Bonchev–Trinajstić information content (AvgIpc) is 2.10. The van der Waals surface area contributed by atoms with Gasteiger partial charge in [0.05, 0.1) is 13.2 Å². The third kappa shape index (κ3) is 4.72. The highest BCUT2D eigenvalue weighted by Gasteiger charge is 2.14. The Morgan fingerprint density at radius 1 is 1.67 bits per heavy atom. The number of carbonyl (C=O) groups is 1. The lowest BCUT2D eigenvalue weighted by Crippen LogP contribution is -2.26. The molecule has 0 saturated carbocycles. The fraction of sp³-hybridized carbons (Fsp3) is 0.625. The lowest BCUT2D eigenvalue weighted by atomic mass is 10.3. The first-order chi connectivity index (χ1) is 5.72.